The molecule has 3 aromatic rings. The molecule has 0 fully saturated rings. The van der Waals surface area contributed by atoms with Crippen molar-refractivity contribution in [1.29, 1.82) is 0 Å². The van der Waals surface area contributed by atoms with E-state index in [9.17, 15) is 14.4 Å². The number of hydrogen-bond donors (Lipinski definition) is 2. The Morgan fingerprint density at radius 2 is 1.86 bits per heavy atom. The molecule has 8 nitrogen and oxygen atoms in total. The normalized spacial score (nSPS) is 15.4. The standard InChI is InChI=1S/C20H19N3O5/c24-18(21-11-13-12-27-16-7-3-4-8-17(16)28-13)9-10-23-15-6-2-1-5-14(15)19(25)22-20(23)26/h1-8,13H,9-12H2,(H,21,24)(H,22,25,26). The number of carbonyl (C=O) groups is 1. The van der Waals surface area contributed by atoms with Crippen LogP contribution < -0.4 is 26.0 Å². The molecule has 1 aliphatic heterocycles. The minimum atomic E-state index is -0.530. The lowest BCUT2D eigenvalue weighted by Gasteiger charge is -2.26. The van der Waals surface area contributed by atoms with Gasteiger partial charge < -0.3 is 14.8 Å². The molecule has 1 aromatic heterocycles. The van der Waals surface area contributed by atoms with Gasteiger partial charge in [-0.1, -0.05) is 24.3 Å². The van der Waals surface area contributed by atoms with Gasteiger partial charge in [0.15, 0.2) is 11.5 Å². The number of fused-ring (bicyclic) bond motifs is 2. The molecule has 0 saturated heterocycles. The molecule has 4 rings (SSSR count). The number of aryl methyl sites for hydroxylation is 1. The van der Waals surface area contributed by atoms with Gasteiger partial charge in [0.2, 0.25) is 5.91 Å². The summed E-state index contributed by atoms with van der Waals surface area (Å²) in [5, 5.41) is 3.21. The van der Waals surface area contributed by atoms with E-state index in [4.69, 9.17) is 9.47 Å². The molecule has 0 spiro atoms. The molecule has 2 heterocycles. The number of H-pyrrole nitrogens is 1. The second kappa shape index (κ2) is 7.59. The van der Waals surface area contributed by atoms with E-state index in [1.54, 1.807) is 24.3 Å². The van der Waals surface area contributed by atoms with E-state index >= 15 is 0 Å². The van der Waals surface area contributed by atoms with Crippen molar-refractivity contribution in [3.05, 3.63) is 69.4 Å². The second-order valence-electron chi connectivity index (χ2n) is 6.48. The number of aromatic amines is 1. The Balaban J connectivity index is 1.36. The van der Waals surface area contributed by atoms with Gasteiger partial charge in [0, 0.05) is 13.0 Å². The largest absolute Gasteiger partial charge is 0.486 e. The minimum absolute atomic E-state index is 0.0973. The first-order chi connectivity index (χ1) is 13.6. The average molecular weight is 381 g/mol. The fourth-order valence-electron chi connectivity index (χ4n) is 3.16. The van der Waals surface area contributed by atoms with Crippen molar-refractivity contribution in [3.63, 3.8) is 0 Å². The first-order valence-electron chi connectivity index (χ1n) is 8.99. The number of nitrogens with zero attached hydrogens (tertiary/aromatic N) is 1. The summed E-state index contributed by atoms with van der Waals surface area (Å²) in [5.41, 5.74) is -0.460. The fraction of sp³-hybridized carbons (Fsp3) is 0.250. The number of amides is 1. The predicted octanol–water partition coefficient (Wildman–Crippen LogP) is 1.04. The molecule has 0 bridgehead atoms. The number of rotatable bonds is 5. The van der Waals surface area contributed by atoms with Crippen molar-refractivity contribution >= 4 is 16.8 Å². The van der Waals surface area contributed by atoms with Crippen LogP contribution in [0.2, 0.25) is 0 Å². The van der Waals surface area contributed by atoms with Crippen LogP contribution in [0.3, 0.4) is 0 Å². The van der Waals surface area contributed by atoms with E-state index in [0.29, 0.717) is 35.6 Å². The SMILES string of the molecule is O=C(CCn1c(=O)[nH]c(=O)c2ccccc21)NCC1COc2ccccc2O1. The maximum Gasteiger partial charge on any atom is 0.328 e. The number of carbonyl (C=O) groups excluding carboxylic acids is 1. The number of nitrogens with one attached hydrogen (secondary N) is 2. The lowest BCUT2D eigenvalue weighted by molar-refractivity contribution is -0.121. The summed E-state index contributed by atoms with van der Waals surface area (Å²) >= 11 is 0. The highest BCUT2D eigenvalue weighted by Gasteiger charge is 2.21. The Kier molecular flexibility index (Phi) is 4.84. The maximum absolute atomic E-state index is 12.2. The monoisotopic (exact) mass is 381 g/mol. The van der Waals surface area contributed by atoms with Gasteiger partial charge in [-0.2, -0.15) is 0 Å². The molecular weight excluding hydrogens is 362 g/mol. The van der Waals surface area contributed by atoms with Crippen LogP contribution in [0, 0.1) is 0 Å². The van der Waals surface area contributed by atoms with Gasteiger partial charge in [-0.05, 0) is 24.3 Å². The zero-order valence-corrected chi connectivity index (χ0v) is 15.0. The number of ether oxygens (including phenoxy) is 2. The molecule has 0 radical (unpaired) electrons. The van der Waals surface area contributed by atoms with Gasteiger partial charge in [0.05, 0.1) is 17.4 Å². The zero-order valence-electron chi connectivity index (χ0n) is 15.0. The fourth-order valence-corrected chi connectivity index (χ4v) is 3.16. The van der Waals surface area contributed by atoms with Gasteiger partial charge >= 0.3 is 5.69 Å². The summed E-state index contributed by atoms with van der Waals surface area (Å²) in [6.07, 6.45) is -0.185. The van der Waals surface area contributed by atoms with E-state index in [1.807, 2.05) is 24.3 Å². The summed E-state index contributed by atoms with van der Waals surface area (Å²) in [7, 11) is 0. The highest BCUT2D eigenvalue weighted by Crippen LogP contribution is 2.30. The van der Waals surface area contributed by atoms with Gasteiger partial charge in [-0.25, -0.2) is 4.79 Å². The van der Waals surface area contributed by atoms with E-state index in [2.05, 4.69) is 10.3 Å². The van der Waals surface area contributed by atoms with Gasteiger partial charge in [-0.3, -0.25) is 19.1 Å². The lowest BCUT2D eigenvalue weighted by Crippen LogP contribution is -2.41. The number of para-hydroxylation sites is 3. The topological polar surface area (TPSA) is 102 Å². The van der Waals surface area contributed by atoms with E-state index < -0.39 is 11.2 Å². The van der Waals surface area contributed by atoms with Crippen molar-refractivity contribution in [2.24, 2.45) is 0 Å². The molecule has 1 unspecified atom stereocenters. The summed E-state index contributed by atoms with van der Waals surface area (Å²) in [5.74, 6) is 1.12. The highest BCUT2D eigenvalue weighted by atomic mass is 16.6. The van der Waals surface area contributed by atoms with Crippen LogP contribution in [0.4, 0.5) is 0 Å². The van der Waals surface area contributed by atoms with E-state index in [-0.39, 0.29) is 25.0 Å². The summed E-state index contributed by atoms with van der Waals surface area (Å²) in [6.45, 7) is 0.808. The lowest BCUT2D eigenvalue weighted by atomic mass is 10.2. The number of hydrogen-bond acceptors (Lipinski definition) is 5. The molecule has 28 heavy (non-hydrogen) atoms. The zero-order chi connectivity index (χ0) is 19.5. The van der Waals surface area contributed by atoms with Gasteiger partial charge in [0.1, 0.15) is 12.7 Å². The van der Waals surface area contributed by atoms with Crippen LogP contribution in [0.1, 0.15) is 6.42 Å². The molecule has 0 aliphatic carbocycles. The third-order valence-corrected chi connectivity index (χ3v) is 4.56. The average Bonchev–Trinajstić information content (AvgIpc) is 2.72. The smallest absolute Gasteiger partial charge is 0.328 e. The molecule has 2 N–H and O–H groups in total. The second-order valence-corrected chi connectivity index (χ2v) is 6.48. The third-order valence-electron chi connectivity index (χ3n) is 4.56. The maximum atomic E-state index is 12.2. The van der Waals surface area contributed by atoms with Crippen LogP contribution in [-0.2, 0) is 11.3 Å². The summed E-state index contributed by atoms with van der Waals surface area (Å²) in [4.78, 5) is 38.5. The van der Waals surface area contributed by atoms with Crippen LogP contribution >= 0.6 is 0 Å². The molecule has 2 aromatic carbocycles. The summed E-state index contributed by atoms with van der Waals surface area (Å²) in [6, 6.07) is 14.2. The van der Waals surface area contributed by atoms with Crippen molar-refractivity contribution in [2.75, 3.05) is 13.2 Å². The van der Waals surface area contributed by atoms with Gasteiger partial charge in [0.25, 0.3) is 5.56 Å². The Morgan fingerprint density at radius 3 is 2.71 bits per heavy atom. The first-order valence-corrected chi connectivity index (χ1v) is 8.99. The Morgan fingerprint density at radius 1 is 1.11 bits per heavy atom. The Bertz CT molecular complexity index is 1130. The predicted molar refractivity (Wildman–Crippen MR) is 103 cm³/mol. The van der Waals surface area contributed by atoms with E-state index in [0.717, 1.165) is 0 Å². The van der Waals surface area contributed by atoms with Crippen LogP contribution in [-0.4, -0.2) is 34.7 Å². The Labute approximate surface area is 159 Å². The molecule has 8 heteroatoms. The van der Waals surface area contributed by atoms with Crippen molar-refractivity contribution in [3.8, 4) is 11.5 Å². The molecule has 1 amide bonds. The molecule has 144 valence electrons. The molecule has 1 atom stereocenters. The molecule has 1 aliphatic rings. The van der Waals surface area contributed by atoms with Crippen molar-refractivity contribution < 1.29 is 14.3 Å². The van der Waals surface area contributed by atoms with Crippen LogP contribution in [0.5, 0.6) is 11.5 Å². The Hall–Kier alpha value is -3.55. The van der Waals surface area contributed by atoms with Crippen molar-refractivity contribution in [1.82, 2.24) is 14.9 Å². The number of benzene rings is 2. The highest BCUT2D eigenvalue weighted by molar-refractivity contribution is 5.78. The quantitative estimate of drug-likeness (QED) is 0.687. The third kappa shape index (κ3) is 3.62. The first kappa shape index (κ1) is 17.8. The molecular formula is C20H19N3O5. The van der Waals surface area contributed by atoms with Gasteiger partial charge in [-0.15, -0.1) is 0 Å². The minimum Gasteiger partial charge on any atom is -0.486 e. The van der Waals surface area contributed by atoms with Crippen molar-refractivity contribution in [2.45, 2.75) is 19.1 Å². The van der Waals surface area contributed by atoms with Crippen LogP contribution in [0.15, 0.2) is 58.1 Å². The summed E-state index contributed by atoms with van der Waals surface area (Å²) < 4.78 is 12.8. The van der Waals surface area contributed by atoms with Crippen LogP contribution in [0.25, 0.3) is 10.9 Å². The van der Waals surface area contributed by atoms with E-state index in [1.165, 1.54) is 4.57 Å². The molecule has 0 saturated carbocycles. The number of aromatic nitrogens is 2.